The van der Waals surface area contributed by atoms with Crippen LogP contribution < -0.4 is 14.8 Å². The predicted molar refractivity (Wildman–Crippen MR) is 123 cm³/mol. The number of carbonyl (C=O) groups is 1. The lowest BCUT2D eigenvalue weighted by Gasteiger charge is -2.11. The van der Waals surface area contributed by atoms with Gasteiger partial charge in [0.2, 0.25) is 5.13 Å². The van der Waals surface area contributed by atoms with E-state index in [0.29, 0.717) is 32.2 Å². The molecule has 0 spiro atoms. The topological polar surface area (TPSA) is 73.3 Å². The van der Waals surface area contributed by atoms with Crippen LogP contribution in [-0.4, -0.2) is 30.3 Å². The number of ether oxygens (including phenoxy) is 2. The lowest BCUT2D eigenvalue weighted by molar-refractivity contribution is 0.102. The van der Waals surface area contributed by atoms with E-state index in [0.717, 1.165) is 16.7 Å². The van der Waals surface area contributed by atoms with Gasteiger partial charge in [-0.15, -0.1) is 10.2 Å². The SMILES string of the molecule is COc1cccc(OC)c1C(=O)Nc1nnc(-c2ccc(-c3ccc(Cl)cc3)cc2)s1. The number of benzene rings is 3. The van der Waals surface area contributed by atoms with E-state index >= 15 is 0 Å². The molecule has 156 valence electrons. The van der Waals surface area contributed by atoms with Gasteiger partial charge < -0.3 is 9.47 Å². The van der Waals surface area contributed by atoms with E-state index in [9.17, 15) is 4.79 Å². The molecule has 6 nitrogen and oxygen atoms in total. The zero-order valence-electron chi connectivity index (χ0n) is 16.8. The number of hydrogen-bond donors (Lipinski definition) is 1. The van der Waals surface area contributed by atoms with Gasteiger partial charge in [0.15, 0.2) is 0 Å². The molecule has 0 aliphatic heterocycles. The summed E-state index contributed by atoms with van der Waals surface area (Å²) in [4.78, 5) is 12.8. The van der Waals surface area contributed by atoms with Crippen molar-refractivity contribution >= 4 is 34.0 Å². The largest absolute Gasteiger partial charge is 0.496 e. The molecule has 0 unspecified atom stereocenters. The number of carbonyl (C=O) groups excluding carboxylic acids is 1. The van der Waals surface area contributed by atoms with Crippen molar-refractivity contribution in [2.24, 2.45) is 0 Å². The van der Waals surface area contributed by atoms with E-state index in [1.807, 2.05) is 48.5 Å². The first-order chi connectivity index (χ1) is 15.1. The maximum atomic E-state index is 12.8. The van der Waals surface area contributed by atoms with Crippen LogP contribution in [-0.2, 0) is 0 Å². The van der Waals surface area contributed by atoms with Gasteiger partial charge in [-0.3, -0.25) is 10.1 Å². The van der Waals surface area contributed by atoms with Crippen LogP contribution in [0.2, 0.25) is 5.02 Å². The van der Waals surface area contributed by atoms with Crippen molar-refractivity contribution in [1.29, 1.82) is 0 Å². The lowest BCUT2D eigenvalue weighted by atomic mass is 10.0. The van der Waals surface area contributed by atoms with Crippen molar-refractivity contribution in [2.45, 2.75) is 0 Å². The zero-order chi connectivity index (χ0) is 21.8. The van der Waals surface area contributed by atoms with Crippen LogP contribution in [0.15, 0.2) is 66.7 Å². The fourth-order valence-electron chi connectivity index (χ4n) is 3.07. The molecular formula is C23H18ClN3O3S. The second-order valence-corrected chi connectivity index (χ2v) is 7.90. The van der Waals surface area contributed by atoms with Crippen molar-refractivity contribution in [1.82, 2.24) is 10.2 Å². The number of methoxy groups -OCH3 is 2. The highest BCUT2D eigenvalue weighted by molar-refractivity contribution is 7.18. The second-order valence-electron chi connectivity index (χ2n) is 6.49. The van der Waals surface area contributed by atoms with Crippen molar-refractivity contribution in [3.63, 3.8) is 0 Å². The Hall–Kier alpha value is -3.42. The number of nitrogens with zero attached hydrogens (tertiary/aromatic N) is 2. The average Bonchev–Trinajstić information content (AvgIpc) is 3.27. The van der Waals surface area contributed by atoms with E-state index in [1.165, 1.54) is 25.6 Å². The summed E-state index contributed by atoms with van der Waals surface area (Å²) in [6.07, 6.45) is 0. The van der Waals surface area contributed by atoms with Gasteiger partial charge in [-0.1, -0.05) is 65.4 Å². The quantitative estimate of drug-likeness (QED) is 0.401. The minimum Gasteiger partial charge on any atom is -0.496 e. The molecule has 1 amide bonds. The van der Waals surface area contributed by atoms with Gasteiger partial charge >= 0.3 is 0 Å². The Balaban J connectivity index is 1.52. The van der Waals surface area contributed by atoms with Gasteiger partial charge in [-0.05, 0) is 35.4 Å². The van der Waals surface area contributed by atoms with Crippen molar-refractivity contribution in [3.05, 3.63) is 77.3 Å². The first-order valence-electron chi connectivity index (χ1n) is 9.31. The van der Waals surface area contributed by atoms with Gasteiger partial charge in [-0.2, -0.15) is 0 Å². The summed E-state index contributed by atoms with van der Waals surface area (Å²) in [5.41, 5.74) is 3.36. The third kappa shape index (κ3) is 4.52. The van der Waals surface area contributed by atoms with Crippen molar-refractivity contribution < 1.29 is 14.3 Å². The normalized spacial score (nSPS) is 10.5. The summed E-state index contributed by atoms with van der Waals surface area (Å²) in [7, 11) is 3.00. The van der Waals surface area contributed by atoms with Crippen LogP contribution in [0.25, 0.3) is 21.7 Å². The van der Waals surface area contributed by atoms with Crippen LogP contribution in [0.3, 0.4) is 0 Å². The van der Waals surface area contributed by atoms with Gasteiger partial charge in [0, 0.05) is 10.6 Å². The minimum absolute atomic E-state index is 0.302. The van der Waals surface area contributed by atoms with Crippen LogP contribution in [0.5, 0.6) is 11.5 Å². The number of rotatable bonds is 6. The summed E-state index contributed by atoms with van der Waals surface area (Å²) in [6.45, 7) is 0. The van der Waals surface area contributed by atoms with Crippen molar-refractivity contribution in [3.8, 4) is 33.2 Å². The second kappa shape index (κ2) is 9.16. The molecule has 8 heteroatoms. The van der Waals surface area contributed by atoms with Crippen LogP contribution in [0.1, 0.15) is 10.4 Å². The molecule has 4 aromatic rings. The van der Waals surface area contributed by atoms with Gasteiger partial charge in [0.05, 0.1) is 14.2 Å². The smallest absolute Gasteiger partial charge is 0.265 e. The molecule has 0 fully saturated rings. The summed E-state index contributed by atoms with van der Waals surface area (Å²) < 4.78 is 10.6. The Labute approximate surface area is 188 Å². The lowest BCUT2D eigenvalue weighted by Crippen LogP contribution is -2.14. The Bertz CT molecular complexity index is 1190. The van der Waals surface area contributed by atoms with E-state index in [2.05, 4.69) is 15.5 Å². The number of amides is 1. The monoisotopic (exact) mass is 451 g/mol. The van der Waals surface area contributed by atoms with E-state index in [4.69, 9.17) is 21.1 Å². The number of aromatic nitrogens is 2. The molecule has 1 N–H and O–H groups in total. The minimum atomic E-state index is -0.380. The number of halogens is 1. The molecule has 4 rings (SSSR count). The maximum absolute atomic E-state index is 12.8. The molecule has 1 heterocycles. The van der Waals surface area contributed by atoms with Crippen LogP contribution in [0.4, 0.5) is 5.13 Å². The molecule has 3 aromatic carbocycles. The molecule has 31 heavy (non-hydrogen) atoms. The highest BCUT2D eigenvalue weighted by Crippen LogP contribution is 2.32. The average molecular weight is 452 g/mol. The molecule has 0 aliphatic carbocycles. The first-order valence-corrected chi connectivity index (χ1v) is 10.5. The first kappa shape index (κ1) is 20.8. The van der Waals surface area contributed by atoms with E-state index < -0.39 is 0 Å². The highest BCUT2D eigenvalue weighted by Gasteiger charge is 2.20. The highest BCUT2D eigenvalue weighted by atomic mass is 35.5. The Morgan fingerprint density at radius 3 is 1.97 bits per heavy atom. The van der Waals surface area contributed by atoms with Gasteiger partial charge in [-0.25, -0.2) is 0 Å². The van der Waals surface area contributed by atoms with E-state index in [1.54, 1.807) is 18.2 Å². The molecule has 0 bridgehead atoms. The fourth-order valence-corrected chi connectivity index (χ4v) is 3.94. The van der Waals surface area contributed by atoms with Gasteiger partial charge in [0.1, 0.15) is 22.1 Å². The third-order valence-electron chi connectivity index (χ3n) is 4.61. The molecular weight excluding hydrogens is 434 g/mol. The van der Waals surface area contributed by atoms with Crippen LogP contribution >= 0.6 is 22.9 Å². The zero-order valence-corrected chi connectivity index (χ0v) is 18.3. The molecule has 1 aromatic heterocycles. The number of nitrogens with one attached hydrogen (secondary N) is 1. The number of hydrogen-bond acceptors (Lipinski definition) is 6. The Kier molecular flexibility index (Phi) is 6.16. The molecule has 0 saturated heterocycles. The summed E-state index contributed by atoms with van der Waals surface area (Å²) in [5.74, 6) is 0.453. The molecule has 0 saturated carbocycles. The summed E-state index contributed by atoms with van der Waals surface area (Å²) in [5, 5.41) is 12.9. The Morgan fingerprint density at radius 1 is 0.839 bits per heavy atom. The third-order valence-corrected chi connectivity index (χ3v) is 5.75. The summed E-state index contributed by atoms with van der Waals surface area (Å²) in [6, 6.07) is 20.8. The molecule has 0 radical (unpaired) electrons. The molecule has 0 atom stereocenters. The van der Waals surface area contributed by atoms with Gasteiger partial charge in [0.25, 0.3) is 5.91 Å². The molecule has 0 aliphatic rings. The van der Waals surface area contributed by atoms with Crippen LogP contribution in [0, 0.1) is 0 Å². The fraction of sp³-hybridized carbons (Fsp3) is 0.0870. The Morgan fingerprint density at radius 2 is 1.39 bits per heavy atom. The predicted octanol–water partition coefficient (Wildman–Crippen LogP) is 5.80. The van der Waals surface area contributed by atoms with Crippen molar-refractivity contribution in [2.75, 3.05) is 19.5 Å². The van der Waals surface area contributed by atoms with E-state index in [-0.39, 0.29) is 5.91 Å². The number of anilines is 1. The standard InChI is InChI=1S/C23H18ClN3O3S/c1-29-18-4-3-5-19(30-2)20(18)21(28)25-23-27-26-22(31-23)16-8-6-14(7-9-16)15-10-12-17(24)13-11-15/h3-13H,1-2H3,(H,25,27,28). The summed E-state index contributed by atoms with van der Waals surface area (Å²) >= 11 is 7.24. The maximum Gasteiger partial charge on any atom is 0.265 e.